The minimum absolute atomic E-state index is 0.246. The fraction of sp³-hybridized carbons (Fsp3) is 0.188. The van der Waals surface area contributed by atoms with E-state index in [1.807, 2.05) is 37.3 Å². The standard InChI is InChI=1S/C16H17N3O/c1-10-5-6-13-12(8-10)9-14(20-13)16(19-17)15-11(2)4-3-7-18-15/h3-9,16,19H,17H2,1-2H3. The SMILES string of the molecule is Cc1ccc2oc(C(NN)c3ncccc3C)cc2c1. The summed E-state index contributed by atoms with van der Waals surface area (Å²) in [4.78, 5) is 4.41. The maximum atomic E-state index is 5.90. The van der Waals surface area contributed by atoms with Crippen molar-refractivity contribution in [3.63, 3.8) is 0 Å². The maximum absolute atomic E-state index is 5.90. The van der Waals surface area contributed by atoms with Gasteiger partial charge in [0.05, 0.1) is 5.69 Å². The zero-order chi connectivity index (χ0) is 14.1. The molecule has 20 heavy (non-hydrogen) atoms. The van der Waals surface area contributed by atoms with Crippen LogP contribution in [-0.2, 0) is 0 Å². The Kier molecular flexibility index (Phi) is 3.26. The van der Waals surface area contributed by atoms with Gasteiger partial charge in [-0.25, -0.2) is 5.43 Å². The van der Waals surface area contributed by atoms with Crippen molar-refractivity contribution < 1.29 is 4.42 Å². The van der Waals surface area contributed by atoms with Gasteiger partial charge < -0.3 is 4.42 Å². The summed E-state index contributed by atoms with van der Waals surface area (Å²) in [6.07, 6.45) is 1.76. The number of furan rings is 1. The van der Waals surface area contributed by atoms with Gasteiger partial charge in [0.25, 0.3) is 0 Å². The van der Waals surface area contributed by atoms with Gasteiger partial charge in [-0.3, -0.25) is 10.8 Å². The van der Waals surface area contributed by atoms with Crippen LogP contribution in [-0.4, -0.2) is 4.98 Å². The van der Waals surface area contributed by atoms with E-state index >= 15 is 0 Å². The molecular formula is C16H17N3O. The number of nitrogens with zero attached hydrogens (tertiary/aromatic N) is 1. The molecule has 0 aliphatic rings. The van der Waals surface area contributed by atoms with Crippen LogP contribution in [0.4, 0.5) is 0 Å². The lowest BCUT2D eigenvalue weighted by Gasteiger charge is -2.14. The van der Waals surface area contributed by atoms with E-state index in [9.17, 15) is 0 Å². The normalized spacial score (nSPS) is 12.8. The molecule has 3 aromatic rings. The van der Waals surface area contributed by atoms with Gasteiger partial charge in [0.15, 0.2) is 0 Å². The third-order valence-corrected chi connectivity index (χ3v) is 3.47. The molecule has 0 radical (unpaired) electrons. The van der Waals surface area contributed by atoms with E-state index < -0.39 is 0 Å². The van der Waals surface area contributed by atoms with Crippen molar-refractivity contribution >= 4 is 11.0 Å². The van der Waals surface area contributed by atoms with E-state index in [4.69, 9.17) is 10.3 Å². The first kappa shape index (κ1) is 12.8. The Hall–Kier alpha value is -2.17. The van der Waals surface area contributed by atoms with Crippen LogP contribution in [0.25, 0.3) is 11.0 Å². The highest BCUT2D eigenvalue weighted by Crippen LogP contribution is 2.28. The maximum Gasteiger partial charge on any atom is 0.134 e. The second-order valence-electron chi connectivity index (χ2n) is 5.00. The van der Waals surface area contributed by atoms with Gasteiger partial charge in [0.2, 0.25) is 0 Å². The predicted molar refractivity (Wildman–Crippen MR) is 79.1 cm³/mol. The minimum Gasteiger partial charge on any atom is -0.459 e. The zero-order valence-corrected chi connectivity index (χ0v) is 11.6. The highest BCUT2D eigenvalue weighted by atomic mass is 16.3. The number of aryl methyl sites for hydroxylation is 2. The highest BCUT2D eigenvalue weighted by Gasteiger charge is 2.20. The average Bonchev–Trinajstić information content (AvgIpc) is 2.84. The van der Waals surface area contributed by atoms with Crippen LogP contribution in [0.2, 0.25) is 0 Å². The van der Waals surface area contributed by atoms with Crippen LogP contribution in [0.15, 0.2) is 47.0 Å². The van der Waals surface area contributed by atoms with Gasteiger partial charge in [0, 0.05) is 11.6 Å². The topological polar surface area (TPSA) is 64.1 Å². The van der Waals surface area contributed by atoms with E-state index in [2.05, 4.69) is 23.4 Å². The Labute approximate surface area is 117 Å². The molecule has 2 aromatic heterocycles. The van der Waals surface area contributed by atoms with Crippen molar-refractivity contribution in [3.05, 3.63) is 65.2 Å². The van der Waals surface area contributed by atoms with Crippen LogP contribution < -0.4 is 11.3 Å². The van der Waals surface area contributed by atoms with Crippen LogP contribution in [0.3, 0.4) is 0 Å². The largest absolute Gasteiger partial charge is 0.459 e. The Balaban J connectivity index is 2.10. The van der Waals surface area contributed by atoms with E-state index in [-0.39, 0.29) is 6.04 Å². The summed E-state index contributed by atoms with van der Waals surface area (Å²) >= 11 is 0. The molecule has 102 valence electrons. The number of benzene rings is 1. The van der Waals surface area contributed by atoms with Crippen molar-refractivity contribution in [2.75, 3.05) is 0 Å². The highest BCUT2D eigenvalue weighted by molar-refractivity contribution is 5.78. The van der Waals surface area contributed by atoms with Crippen LogP contribution >= 0.6 is 0 Å². The molecule has 0 spiro atoms. The molecule has 1 aromatic carbocycles. The van der Waals surface area contributed by atoms with Gasteiger partial charge in [0.1, 0.15) is 17.4 Å². The molecule has 0 fully saturated rings. The lowest BCUT2D eigenvalue weighted by atomic mass is 10.1. The Morgan fingerprint density at radius 2 is 2.05 bits per heavy atom. The van der Waals surface area contributed by atoms with Crippen molar-refractivity contribution in [3.8, 4) is 0 Å². The van der Waals surface area contributed by atoms with Crippen molar-refractivity contribution in [2.24, 2.45) is 5.84 Å². The second-order valence-corrected chi connectivity index (χ2v) is 5.00. The van der Waals surface area contributed by atoms with Crippen LogP contribution in [0.5, 0.6) is 0 Å². The second kappa shape index (κ2) is 5.07. The van der Waals surface area contributed by atoms with Gasteiger partial charge >= 0.3 is 0 Å². The van der Waals surface area contributed by atoms with E-state index in [0.717, 1.165) is 28.0 Å². The quantitative estimate of drug-likeness (QED) is 0.565. The first-order chi connectivity index (χ1) is 9.69. The predicted octanol–water partition coefficient (Wildman–Crippen LogP) is 3.00. The molecular weight excluding hydrogens is 250 g/mol. The molecule has 2 heterocycles. The summed E-state index contributed by atoms with van der Waals surface area (Å²) < 4.78 is 5.90. The fourth-order valence-corrected chi connectivity index (χ4v) is 2.42. The van der Waals surface area contributed by atoms with Crippen molar-refractivity contribution in [1.29, 1.82) is 0 Å². The number of rotatable bonds is 3. The van der Waals surface area contributed by atoms with Crippen molar-refractivity contribution in [2.45, 2.75) is 19.9 Å². The first-order valence-electron chi connectivity index (χ1n) is 6.57. The molecule has 0 amide bonds. The monoisotopic (exact) mass is 267 g/mol. The number of hydrogen-bond donors (Lipinski definition) is 2. The number of aromatic nitrogens is 1. The summed E-state index contributed by atoms with van der Waals surface area (Å²) in [5, 5.41) is 1.08. The molecule has 0 aliphatic carbocycles. The molecule has 0 saturated heterocycles. The fourth-order valence-electron chi connectivity index (χ4n) is 2.42. The van der Waals surface area contributed by atoms with Crippen LogP contribution in [0, 0.1) is 13.8 Å². The minimum atomic E-state index is -0.246. The summed E-state index contributed by atoms with van der Waals surface area (Å²) in [5.74, 6) is 6.48. The summed E-state index contributed by atoms with van der Waals surface area (Å²) in [7, 11) is 0. The van der Waals surface area contributed by atoms with Gasteiger partial charge in [-0.15, -0.1) is 0 Å². The molecule has 0 bridgehead atoms. The van der Waals surface area contributed by atoms with Crippen LogP contribution in [0.1, 0.15) is 28.6 Å². The van der Waals surface area contributed by atoms with E-state index in [1.54, 1.807) is 6.20 Å². The molecule has 1 unspecified atom stereocenters. The Morgan fingerprint density at radius 3 is 2.80 bits per heavy atom. The van der Waals surface area contributed by atoms with Gasteiger partial charge in [-0.1, -0.05) is 17.7 Å². The molecule has 3 N–H and O–H groups in total. The summed E-state index contributed by atoms with van der Waals surface area (Å²) in [6, 6.07) is 11.8. The lowest BCUT2D eigenvalue weighted by molar-refractivity contribution is 0.470. The third-order valence-electron chi connectivity index (χ3n) is 3.47. The molecule has 4 nitrogen and oxygen atoms in total. The molecule has 1 atom stereocenters. The smallest absolute Gasteiger partial charge is 0.134 e. The number of pyridine rings is 1. The van der Waals surface area contributed by atoms with E-state index in [0.29, 0.717) is 0 Å². The summed E-state index contributed by atoms with van der Waals surface area (Å²) in [6.45, 7) is 4.08. The summed E-state index contributed by atoms with van der Waals surface area (Å²) in [5.41, 5.74) is 6.82. The third kappa shape index (κ3) is 2.19. The van der Waals surface area contributed by atoms with Gasteiger partial charge in [-0.05, 0) is 43.7 Å². The number of fused-ring (bicyclic) bond motifs is 1. The van der Waals surface area contributed by atoms with Gasteiger partial charge in [-0.2, -0.15) is 0 Å². The molecule has 4 heteroatoms. The number of nitrogens with one attached hydrogen (secondary N) is 1. The zero-order valence-electron chi connectivity index (χ0n) is 11.6. The molecule has 3 rings (SSSR count). The number of hydrazine groups is 1. The van der Waals surface area contributed by atoms with Crippen molar-refractivity contribution in [1.82, 2.24) is 10.4 Å². The Morgan fingerprint density at radius 1 is 1.20 bits per heavy atom. The molecule has 0 aliphatic heterocycles. The lowest BCUT2D eigenvalue weighted by Crippen LogP contribution is -2.29. The average molecular weight is 267 g/mol. The number of hydrogen-bond acceptors (Lipinski definition) is 4. The first-order valence-corrected chi connectivity index (χ1v) is 6.57. The molecule has 0 saturated carbocycles. The Bertz CT molecular complexity index is 748. The number of nitrogens with two attached hydrogens (primary N) is 1. The van der Waals surface area contributed by atoms with E-state index in [1.165, 1.54) is 5.56 Å².